The Kier molecular flexibility index (Phi) is 3.73. The van der Waals surface area contributed by atoms with Gasteiger partial charge in [-0.2, -0.15) is 0 Å². The number of hydrogen-bond donors (Lipinski definition) is 3. The molecule has 1 saturated carbocycles. The van der Waals surface area contributed by atoms with Crippen LogP contribution < -0.4 is 15.8 Å². The van der Waals surface area contributed by atoms with Crippen molar-refractivity contribution in [1.82, 2.24) is 4.72 Å². The first-order valence-electron chi connectivity index (χ1n) is 6.48. The molecule has 0 spiro atoms. The Hall–Kier alpha value is -1.27. The van der Waals surface area contributed by atoms with E-state index in [2.05, 4.69) is 17.0 Å². The van der Waals surface area contributed by atoms with Crippen molar-refractivity contribution in [1.29, 1.82) is 0 Å². The Morgan fingerprint density at radius 3 is 2.47 bits per heavy atom. The van der Waals surface area contributed by atoms with Crippen LogP contribution in [-0.2, 0) is 10.0 Å². The summed E-state index contributed by atoms with van der Waals surface area (Å²) >= 11 is 0. The van der Waals surface area contributed by atoms with E-state index in [4.69, 9.17) is 5.73 Å². The zero-order chi connectivity index (χ0) is 14.1. The molecule has 1 aliphatic carbocycles. The number of nitrogens with one attached hydrogen (secondary N) is 2. The second kappa shape index (κ2) is 5.02. The number of rotatable bonds is 4. The van der Waals surface area contributed by atoms with E-state index in [1.165, 1.54) is 26.0 Å². The van der Waals surface area contributed by atoms with Crippen LogP contribution in [-0.4, -0.2) is 21.0 Å². The zero-order valence-electron chi connectivity index (χ0n) is 11.4. The summed E-state index contributed by atoms with van der Waals surface area (Å²) in [7, 11) is -2.11. The van der Waals surface area contributed by atoms with Gasteiger partial charge in [0.2, 0.25) is 10.0 Å². The largest absolute Gasteiger partial charge is 0.399 e. The molecule has 1 aromatic rings. The van der Waals surface area contributed by atoms with Crippen molar-refractivity contribution >= 4 is 21.4 Å². The van der Waals surface area contributed by atoms with Crippen molar-refractivity contribution in [2.75, 3.05) is 18.1 Å². The maximum Gasteiger partial charge on any atom is 0.242 e. The Morgan fingerprint density at radius 2 is 1.89 bits per heavy atom. The van der Waals surface area contributed by atoms with Crippen LogP contribution in [0, 0.1) is 0 Å². The third kappa shape index (κ3) is 3.01. The molecule has 6 heteroatoms. The van der Waals surface area contributed by atoms with Crippen LogP contribution in [0.3, 0.4) is 0 Å². The number of hydrogen-bond acceptors (Lipinski definition) is 4. The lowest BCUT2D eigenvalue weighted by atomic mass is 10.0. The number of sulfonamides is 1. The molecule has 0 aliphatic heterocycles. The van der Waals surface area contributed by atoms with E-state index in [1.54, 1.807) is 12.1 Å². The summed E-state index contributed by atoms with van der Waals surface area (Å²) in [5, 5.41) is 3.38. The molecule has 19 heavy (non-hydrogen) atoms. The lowest BCUT2D eigenvalue weighted by Gasteiger charge is -2.28. The van der Waals surface area contributed by atoms with E-state index >= 15 is 0 Å². The molecule has 0 heterocycles. The second-order valence-electron chi connectivity index (χ2n) is 5.36. The molecule has 0 aromatic heterocycles. The predicted octanol–water partition coefficient (Wildman–Crippen LogP) is 1.92. The van der Waals surface area contributed by atoms with Crippen molar-refractivity contribution in [3.05, 3.63) is 18.2 Å². The average molecular weight is 283 g/mol. The molecule has 0 radical (unpaired) electrons. The summed E-state index contributed by atoms with van der Waals surface area (Å²) in [6.45, 7) is 2.13. The van der Waals surface area contributed by atoms with Gasteiger partial charge in [0.25, 0.3) is 0 Å². The molecule has 2 rings (SSSR count). The summed E-state index contributed by atoms with van der Waals surface area (Å²) < 4.78 is 26.4. The van der Waals surface area contributed by atoms with Crippen molar-refractivity contribution in [2.24, 2.45) is 0 Å². The highest BCUT2D eigenvalue weighted by atomic mass is 32.2. The molecule has 1 aromatic carbocycles. The first kappa shape index (κ1) is 14.1. The van der Waals surface area contributed by atoms with E-state index in [1.807, 2.05) is 0 Å². The van der Waals surface area contributed by atoms with Crippen LogP contribution in [0.1, 0.15) is 32.6 Å². The molecular formula is C13H21N3O2S. The SMILES string of the molecule is CNS(=O)(=O)c1cc(N)ccc1NC1(C)CCCC1. The third-order valence-corrected chi connectivity index (χ3v) is 5.16. The van der Waals surface area contributed by atoms with E-state index in [-0.39, 0.29) is 10.4 Å². The van der Waals surface area contributed by atoms with Crippen molar-refractivity contribution in [2.45, 2.75) is 43.0 Å². The normalized spacial score (nSPS) is 18.4. The fraction of sp³-hybridized carbons (Fsp3) is 0.538. The standard InChI is InChI=1S/C13H21N3O2S/c1-13(7-3-4-8-13)16-11-6-5-10(14)9-12(11)19(17,18)15-2/h5-6,9,15-16H,3-4,7-8,14H2,1-2H3. The topological polar surface area (TPSA) is 84.2 Å². The van der Waals surface area contributed by atoms with E-state index < -0.39 is 10.0 Å². The molecule has 106 valence electrons. The summed E-state index contributed by atoms with van der Waals surface area (Å²) in [4.78, 5) is 0.211. The zero-order valence-corrected chi connectivity index (χ0v) is 12.2. The highest BCUT2D eigenvalue weighted by Crippen LogP contribution is 2.35. The average Bonchev–Trinajstić information content (AvgIpc) is 2.78. The van der Waals surface area contributed by atoms with Crippen LogP contribution in [0.4, 0.5) is 11.4 Å². The molecule has 5 nitrogen and oxygen atoms in total. The van der Waals surface area contributed by atoms with E-state index in [0.29, 0.717) is 11.4 Å². The summed E-state index contributed by atoms with van der Waals surface area (Å²) in [5.41, 5.74) is 6.73. The lowest BCUT2D eigenvalue weighted by Crippen LogP contribution is -2.32. The van der Waals surface area contributed by atoms with Gasteiger partial charge in [0.15, 0.2) is 0 Å². The number of nitrogen functional groups attached to an aromatic ring is 1. The van der Waals surface area contributed by atoms with E-state index in [9.17, 15) is 8.42 Å². The van der Waals surface area contributed by atoms with Crippen LogP contribution >= 0.6 is 0 Å². The van der Waals surface area contributed by atoms with Crippen LogP contribution in [0.15, 0.2) is 23.1 Å². The maximum absolute atomic E-state index is 12.0. The maximum atomic E-state index is 12.0. The molecule has 1 fully saturated rings. The quantitative estimate of drug-likeness (QED) is 0.737. The molecule has 1 aliphatic rings. The van der Waals surface area contributed by atoms with Gasteiger partial charge >= 0.3 is 0 Å². The van der Waals surface area contributed by atoms with Gasteiger partial charge in [0.05, 0.1) is 5.69 Å². The van der Waals surface area contributed by atoms with Crippen LogP contribution in [0.5, 0.6) is 0 Å². The van der Waals surface area contributed by atoms with Gasteiger partial charge in [-0.3, -0.25) is 0 Å². The first-order valence-corrected chi connectivity index (χ1v) is 7.96. The van der Waals surface area contributed by atoms with Crippen LogP contribution in [0.2, 0.25) is 0 Å². The highest BCUT2D eigenvalue weighted by molar-refractivity contribution is 7.89. The van der Waals surface area contributed by atoms with Crippen molar-refractivity contribution in [3.8, 4) is 0 Å². The number of anilines is 2. The van der Waals surface area contributed by atoms with Crippen LogP contribution in [0.25, 0.3) is 0 Å². The Morgan fingerprint density at radius 1 is 1.26 bits per heavy atom. The first-order chi connectivity index (χ1) is 8.86. The smallest absolute Gasteiger partial charge is 0.242 e. The van der Waals surface area contributed by atoms with Gasteiger partial charge in [-0.15, -0.1) is 0 Å². The van der Waals surface area contributed by atoms with Gasteiger partial charge in [-0.1, -0.05) is 12.8 Å². The lowest BCUT2D eigenvalue weighted by molar-refractivity contribution is 0.531. The molecule has 0 unspecified atom stereocenters. The van der Waals surface area contributed by atoms with Crippen molar-refractivity contribution < 1.29 is 8.42 Å². The fourth-order valence-electron chi connectivity index (χ4n) is 2.58. The predicted molar refractivity (Wildman–Crippen MR) is 77.6 cm³/mol. The third-order valence-electron chi connectivity index (χ3n) is 3.71. The molecule has 0 atom stereocenters. The Labute approximate surface area is 114 Å². The minimum absolute atomic E-state index is 0.0336. The Bertz CT molecular complexity index is 563. The number of nitrogens with two attached hydrogens (primary N) is 1. The number of benzene rings is 1. The molecule has 0 saturated heterocycles. The molecule has 4 N–H and O–H groups in total. The summed E-state index contributed by atoms with van der Waals surface area (Å²) in [6.07, 6.45) is 4.45. The van der Waals surface area contributed by atoms with Gasteiger partial charge in [0, 0.05) is 11.2 Å². The minimum atomic E-state index is -3.51. The van der Waals surface area contributed by atoms with Gasteiger partial charge in [0.1, 0.15) is 4.90 Å². The van der Waals surface area contributed by atoms with Crippen molar-refractivity contribution in [3.63, 3.8) is 0 Å². The van der Waals surface area contributed by atoms with Gasteiger partial charge in [-0.05, 0) is 45.0 Å². The summed E-state index contributed by atoms with van der Waals surface area (Å²) in [5.74, 6) is 0. The molecule has 0 bridgehead atoms. The van der Waals surface area contributed by atoms with Gasteiger partial charge in [-0.25, -0.2) is 13.1 Å². The highest BCUT2D eigenvalue weighted by Gasteiger charge is 2.30. The minimum Gasteiger partial charge on any atom is -0.399 e. The summed E-state index contributed by atoms with van der Waals surface area (Å²) in [6, 6.07) is 4.95. The second-order valence-corrected chi connectivity index (χ2v) is 7.21. The van der Waals surface area contributed by atoms with Gasteiger partial charge < -0.3 is 11.1 Å². The van der Waals surface area contributed by atoms with E-state index in [0.717, 1.165) is 12.8 Å². The monoisotopic (exact) mass is 283 g/mol. The fourth-order valence-corrected chi connectivity index (χ4v) is 3.50. The molecule has 0 amide bonds. The Balaban J connectivity index is 2.40. The molecular weight excluding hydrogens is 262 g/mol.